The summed E-state index contributed by atoms with van der Waals surface area (Å²) in [4.78, 5) is 42.0. The molecule has 2 heterocycles. The molecule has 1 aromatic heterocycles. The molecule has 156 valence electrons. The van der Waals surface area contributed by atoms with Crippen LogP contribution in [-0.4, -0.2) is 56.9 Å². The second-order valence-electron chi connectivity index (χ2n) is 6.87. The maximum atomic E-state index is 13.3. The molecular weight excluding hydrogens is 384 g/mol. The summed E-state index contributed by atoms with van der Waals surface area (Å²) >= 11 is 0. The van der Waals surface area contributed by atoms with Gasteiger partial charge in [-0.15, -0.1) is 0 Å². The average Bonchev–Trinajstić information content (AvgIpc) is 2.74. The van der Waals surface area contributed by atoms with Gasteiger partial charge >= 0.3 is 5.97 Å². The number of amides is 1. The molecule has 1 amide bonds. The Morgan fingerprint density at radius 2 is 1.90 bits per heavy atom. The molecule has 1 unspecified atom stereocenters. The minimum atomic E-state index is -1.27. The standard InChI is InChI=1S/C22H24N4O4/c1-3-25-21(28)19(24-17-10-7-12-23-14-17)18(15(2)27)20(22(29)30)26(25)13-11-16-8-5-4-6-9-16/h4-10,12,14,20,24H,3,11,13H2,1-2H3,(H,29,30). The molecule has 8 nitrogen and oxygen atoms in total. The van der Waals surface area contributed by atoms with Crippen LogP contribution in [0.2, 0.25) is 0 Å². The number of carbonyl (C=O) groups excluding carboxylic acids is 2. The number of ketones is 1. The molecule has 0 aliphatic carbocycles. The molecule has 8 heteroatoms. The number of anilines is 1. The van der Waals surface area contributed by atoms with Crippen LogP contribution in [0, 0.1) is 0 Å². The number of hydrogen-bond acceptors (Lipinski definition) is 6. The van der Waals surface area contributed by atoms with Crippen LogP contribution in [0.1, 0.15) is 19.4 Å². The largest absolute Gasteiger partial charge is 0.480 e. The lowest BCUT2D eigenvalue weighted by molar-refractivity contribution is -0.163. The second kappa shape index (κ2) is 9.32. The highest BCUT2D eigenvalue weighted by molar-refractivity contribution is 6.11. The Bertz CT molecular complexity index is 960. The van der Waals surface area contributed by atoms with Gasteiger partial charge in [0.1, 0.15) is 5.70 Å². The van der Waals surface area contributed by atoms with E-state index in [4.69, 9.17) is 0 Å². The topological polar surface area (TPSA) is 103 Å². The number of benzene rings is 1. The van der Waals surface area contributed by atoms with Crippen LogP contribution in [0.15, 0.2) is 66.1 Å². The van der Waals surface area contributed by atoms with Crippen LogP contribution in [0.4, 0.5) is 5.69 Å². The first-order valence-corrected chi connectivity index (χ1v) is 9.71. The summed E-state index contributed by atoms with van der Waals surface area (Å²) < 4.78 is 0. The van der Waals surface area contributed by atoms with Crippen molar-refractivity contribution >= 4 is 23.3 Å². The number of hydrazine groups is 1. The molecule has 1 aromatic carbocycles. The molecule has 3 rings (SSSR count). The predicted molar refractivity (Wildman–Crippen MR) is 111 cm³/mol. The number of rotatable bonds is 8. The quantitative estimate of drug-likeness (QED) is 0.690. The third-order valence-electron chi connectivity index (χ3n) is 4.92. The lowest BCUT2D eigenvalue weighted by Gasteiger charge is -2.43. The van der Waals surface area contributed by atoms with E-state index in [1.807, 2.05) is 30.3 Å². The van der Waals surface area contributed by atoms with E-state index in [0.29, 0.717) is 12.1 Å². The molecule has 2 N–H and O–H groups in total. The minimum Gasteiger partial charge on any atom is -0.480 e. The SMILES string of the molecule is CCN1C(=O)C(Nc2cccnc2)=C(C(C)=O)C(C(=O)O)N1CCc1ccccc1. The summed E-state index contributed by atoms with van der Waals surface area (Å²) in [6, 6.07) is 11.7. The maximum absolute atomic E-state index is 13.3. The Hall–Kier alpha value is -3.52. The van der Waals surface area contributed by atoms with Gasteiger partial charge in [-0.05, 0) is 38.0 Å². The normalized spacial score (nSPS) is 17.2. The van der Waals surface area contributed by atoms with Gasteiger partial charge < -0.3 is 10.4 Å². The highest BCUT2D eigenvalue weighted by Gasteiger charge is 2.44. The number of aliphatic carboxylic acids is 1. The molecule has 30 heavy (non-hydrogen) atoms. The number of carbonyl (C=O) groups is 3. The highest BCUT2D eigenvalue weighted by atomic mass is 16.4. The summed E-state index contributed by atoms with van der Waals surface area (Å²) in [5.74, 6) is -2.11. The van der Waals surface area contributed by atoms with Gasteiger partial charge in [0.15, 0.2) is 11.8 Å². The number of hydrogen-bond donors (Lipinski definition) is 2. The predicted octanol–water partition coefficient (Wildman–Crippen LogP) is 2.11. The van der Waals surface area contributed by atoms with E-state index in [2.05, 4.69) is 10.3 Å². The van der Waals surface area contributed by atoms with Gasteiger partial charge in [-0.2, -0.15) is 5.01 Å². The van der Waals surface area contributed by atoms with Crippen molar-refractivity contribution in [3.63, 3.8) is 0 Å². The van der Waals surface area contributed by atoms with Crippen molar-refractivity contribution in [3.8, 4) is 0 Å². The van der Waals surface area contributed by atoms with Crippen molar-refractivity contribution in [1.29, 1.82) is 0 Å². The molecule has 0 radical (unpaired) electrons. The molecule has 1 atom stereocenters. The molecule has 0 fully saturated rings. The highest BCUT2D eigenvalue weighted by Crippen LogP contribution is 2.28. The van der Waals surface area contributed by atoms with Crippen molar-refractivity contribution in [2.24, 2.45) is 0 Å². The van der Waals surface area contributed by atoms with Gasteiger partial charge in [-0.1, -0.05) is 30.3 Å². The van der Waals surface area contributed by atoms with Crippen molar-refractivity contribution in [3.05, 3.63) is 71.7 Å². The summed E-state index contributed by atoms with van der Waals surface area (Å²) in [7, 11) is 0. The first-order chi connectivity index (χ1) is 14.4. The van der Waals surface area contributed by atoms with E-state index >= 15 is 0 Å². The zero-order valence-electron chi connectivity index (χ0n) is 16.9. The molecule has 1 aliphatic rings. The van der Waals surface area contributed by atoms with Crippen LogP contribution >= 0.6 is 0 Å². The Morgan fingerprint density at radius 1 is 1.17 bits per heavy atom. The number of aromatic nitrogens is 1. The van der Waals surface area contributed by atoms with E-state index in [-0.39, 0.29) is 24.4 Å². The molecule has 0 saturated carbocycles. The lowest BCUT2D eigenvalue weighted by Crippen LogP contribution is -2.61. The lowest BCUT2D eigenvalue weighted by atomic mass is 9.96. The van der Waals surface area contributed by atoms with E-state index in [0.717, 1.165) is 5.56 Å². The monoisotopic (exact) mass is 408 g/mol. The van der Waals surface area contributed by atoms with E-state index in [1.165, 1.54) is 23.1 Å². The Balaban J connectivity index is 2.03. The van der Waals surface area contributed by atoms with Crippen molar-refractivity contribution < 1.29 is 19.5 Å². The van der Waals surface area contributed by atoms with Gasteiger partial charge in [0.05, 0.1) is 17.5 Å². The van der Waals surface area contributed by atoms with Gasteiger partial charge in [0.2, 0.25) is 0 Å². The van der Waals surface area contributed by atoms with Crippen LogP contribution < -0.4 is 5.32 Å². The number of carboxylic acid groups (broad SMARTS) is 1. The Labute approximate surface area is 174 Å². The fraction of sp³-hybridized carbons (Fsp3) is 0.273. The Morgan fingerprint density at radius 3 is 2.47 bits per heavy atom. The fourth-order valence-corrected chi connectivity index (χ4v) is 3.57. The van der Waals surface area contributed by atoms with E-state index < -0.39 is 23.7 Å². The minimum absolute atomic E-state index is 0.0271. The molecule has 0 saturated heterocycles. The van der Waals surface area contributed by atoms with Crippen molar-refractivity contribution in [2.75, 3.05) is 18.4 Å². The third-order valence-corrected chi connectivity index (χ3v) is 4.92. The van der Waals surface area contributed by atoms with Crippen LogP contribution in [-0.2, 0) is 20.8 Å². The zero-order chi connectivity index (χ0) is 21.7. The zero-order valence-corrected chi connectivity index (χ0v) is 16.9. The number of pyridine rings is 1. The maximum Gasteiger partial charge on any atom is 0.327 e. The number of Topliss-reactive ketones (excluding diaryl/α,β-unsaturated/α-hetero) is 1. The van der Waals surface area contributed by atoms with Crippen LogP contribution in [0.5, 0.6) is 0 Å². The number of nitrogens with zero attached hydrogens (tertiary/aromatic N) is 3. The van der Waals surface area contributed by atoms with Crippen LogP contribution in [0.3, 0.4) is 0 Å². The third kappa shape index (κ3) is 4.38. The van der Waals surface area contributed by atoms with E-state index in [1.54, 1.807) is 25.3 Å². The van der Waals surface area contributed by atoms with Gasteiger partial charge in [0, 0.05) is 19.3 Å². The molecule has 2 aromatic rings. The van der Waals surface area contributed by atoms with E-state index in [9.17, 15) is 19.5 Å². The summed E-state index contributed by atoms with van der Waals surface area (Å²) in [6.45, 7) is 3.59. The summed E-state index contributed by atoms with van der Waals surface area (Å²) in [6.07, 6.45) is 3.62. The van der Waals surface area contributed by atoms with Gasteiger partial charge in [0.25, 0.3) is 5.91 Å². The molecule has 1 aliphatic heterocycles. The Kier molecular flexibility index (Phi) is 6.58. The first kappa shape index (κ1) is 21.2. The van der Waals surface area contributed by atoms with Crippen molar-refractivity contribution in [1.82, 2.24) is 15.0 Å². The molecule has 0 spiro atoms. The van der Waals surface area contributed by atoms with Crippen LogP contribution in [0.25, 0.3) is 0 Å². The average molecular weight is 408 g/mol. The summed E-state index contributed by atoms with van der Waals surface area (Å²) in [5.41, 5.74) is 1.42. The number of carboxylic acids is 1. The van der Waals surface area contributed by atoms with Crippen molar-refractivity contribution in [2.45, 2.75) is 26.3 Å². The first-order valence-electron chi connectivity index (χ1n) is 9.71. The van der Waals surface area contributed by atoms with Gasteiger partial charge in [-0.3, -0.25) is 24.4 Å². The molecule has 0 bridgehead atoms. The summed E-state index contributed by atoms with van der Waals surface area (Å²) in [5, 5.41) is 15.8. The number of nitrogens with one attached hydrogen (secondary N) is 1. The number of likely N-dealkylation sites (N-methyl/N-ethyl adjacent to an activating group) is 1. The van der Waals surface area contributed by atoms with Gasteiger partial charge in [-0.25, -0.2) is 0 Å². The molecular formula is C22H24N4O4. The second-order valence-corrected chi connectivity index (χ2v) is 6.87. The fourth-order valence-electron chi connectivity index (χ4n) is 3.57. The smallest absolute Gasteiger partial charge is 0.327 e.